The van der Waals surface area contributed by atoms with Gasteiger partial charge < -0.3 is 9.80 Å². The molecule has 0 saturated carbocycles. The molecule has 0 aromatic heterocycles. The highest BCUT2D eigenvalue weighted by Gasteiger charge is 2.26. The highest BCUT2D eigenvalue weighted by Crippen LogP contribution is 2.48. The van der Waals surface area contributed by atoms with Crippen LogP contribution in [0.15, 0.2) is 46.2 Å². The Bertz CT molecular complexity index is 771. The van der Waals surface area contributed by atoms with Crippen molar-refractivity contribution < 1.29 is 0 Å². The summed E-state index contributed by atoms with van der Waals surface area (Å²) in [6.07, 6.45) is 5.33. The van der Waals surface area contributed by atoms with Crippen molar-refractivity contribution >= 4 is 23.1 Å². The van der Waals surface area contributed by atoms with Crippen molar-refractivity contribution in [1.29, 1.82) is 0 Å². The third-order valence-electron chi connectivity index (χ3n) is 5.85. The molecule has 2 heterocycles. The van der Waals surface area contributed by atoms with Gasteiger partial charge >= 0.3 is 0 Å². The first-order valence-electron chi connectivity index (χ1n) is 9.49. The van der Waals surface area contributed by atoms with E-state index in [4.69, 9.17) is 0 Å². The predicted molar refractivity (Wildman–Crippen MR) is 108 cm³/mol. The summed E-state index contributed by atoms with van der Waals surface area (Å²) >= 11 is 1.92. The summed E-state index contributed by atoms with van der Waals surface area (Å²) in [6, 6.07) is 14.4. The molecule has 0 N–H and O–H groups in total. The Morgan fingerprint density at radius 2 is 1.80 bits per heavy atom. The number of rotatable bonds is 3. The van der Waals surface area contributed by atoms with Gasteiger partial charge in [-0.2, -0.15) is 0 Å². The van der Waals surface area contributed by atoms with E-state index in [9.17, 15) is 0 Å². The second-order valence-electron chi connectivity index (χ2n) is 7.54. The first kappa shape index (κ1) is 17.0. The van der Waals surface area contributed by atoms with Crippen molar-refractivity contribution in [2.24, 2.45) is 0 Å². The van der Waals surface area contributed by atoms with Gasteiger partial charge in [-0.25, -0.2) is 0 Å². The predicted octanol–water partition coefficient (Wildman–Crippen LogP) is 5.78. The quantitative estimate of drug-likeness (QED) is 0.691. The van der Waals surface area contributed by atoms with Crippen LogP contribution in [-0.2, 0) is 0 Å². The number of fused-ring (bicyclic) bond motifs is 2. The normalized spacial score (nSPS) is 20.3. The van der Waals surface area contributed by atoms with Crippen LogP contribution in [-0.4, -0.2) is 31.1 Å². The van der Waals surface area contributed by atoms with Crippen LogP contribution in [0.2, 0.25) is 0 Å². The Kier molecular flexibility index (Phi) is 4.79. The minimum absolute atomic E-state index is 0.727. The molecule has 2 aromatic carbocycles. The van der Waals surface area contributed by atoms with Crippen LogP contribution in [0.1, 0.15) is 36.8 Å². The molecule has 2 aliphatic rings. The molecule has 1 saturated heterocycles. The van der Waals surface area contributed by atoms with Crippen molar-refractivity contribution in [3.8, 4) is 0 Å². The zero-order valence-electron chi connectivity index (χ0n) is 15.6. The fourth-order valence-corrected chi connectivity index (χ4v) is 5.29. The van der Waals surface area contributed by atoms with E-state index >= 15 is 0 Å². The number of piperidine rings is 1. The molecule has 25 heavy (non-hydrogen) atoms. The average molecular weight is 353 g/mol. The summed E-state index contributed by atoms with van der Waals surface area (Å²) in [5, 5.41) is 0. The van der Waals surface area contributed by atoms with Crippen molar-refractivity contribution in [3.63, 3.8) is 0 Å². The van der Waals surface area contributed by atoms with Gasteiger partial charge in [-0.3, -0.25) is 0 Å². The molecule has 2 aliphatic heterocycles. The van der Waals surface area contributed by atoms with Crippen molar-refractivity contribution in [2.75, 3.05) is 25.0 Å². The van der Waals surface area contributed by atoms with Crippen LogP contribution in [0.25, 0.3) is 0 Å². The lowest BCUT2D eigenvalue weighted by Crippen LogP contribution is -2.38. The van der Waals surface area contributed by atoms with Crippen LogP contribution < -0.4 is 4.90 Å². The van der Waals surface area contributed by atoms with E-state index in [1.54, 1.807) is 0 Å². The summed E-state index contributed by atoms with van der Waals surface area (Å²) in [5.41, 5.74) is 5.54. The van der Waals surface area contributed by atoms with Crippen LogP contribution in [0.4, 0.5) is 11.4 Å². The Labute approximate surface area is 156 Å². The smallest absolute Gasteiger partial charge is 0.0555 e. The molecule has 0 amide bonds. The third kappa shape index (κ3) is 3.32. The molecule has 132 valence electrons. The van der Waals surface area contributed by atoms with E-state index in [-0.39, 0.29) is 0 Å². The average Bonchev–Trinajstić information content (AvgIpc) is 2.61. The van der Waals surface area contributed by atoms with Gasteiger partial charge in [-0.15, -0.1) is 0 Å². The van der Waals surface area contributed by atoms with E-state index in [0.717, 1.165) is 12.6 Å². The van der Waals surface area contributed by atoms with Gasteiger partial charge in [0.1, 0.15) is 0 Å². The zero-order chi connectivity index (χ0) is 17.4. The molecule has 3 heteroatoms. The molecule has 1 fully saturated rings. The first-order chi connectivity index (χ1) is 12.1. The largest absolute Gasteiger partial charge is 0.340 e. The highest BCUT2D eigenvalue weighted by molar-refractivity contribution is 7.99. The minimum Gasteiger partial charge on any atom is -0.340 e. The van der Waals surface area contributed by atoms with E-state index in [1.165, 1.54) is 64.5 Å². The number of anilines is 2. The molecule has 0 aliphatic carbocycles. The SMILES string of the molecule is Cc1cc2c(cc1C)N(CCC1CCCCN1C)c1ccccc1S2. The van der Waals surface area contributed by atoms with E-state index in [1.807, 2.05) is 11.8 Å². The maximum absolute atomic E-state index is 2.57. The third-order valence-corrected chi connectivity index (χ3v) is 6.96. The summed E-state index contributed by atoms with van der Waals surface area (Å²) in [7, 11) is 2.30. The number of nitrogens with zero attached hydrogens (tertiary/aromatic N) is 2. The molecule has 2 nitrogen and oxygen atoms in total. The van der Waals surface area contributed by atoms with E-state index in [2.05, 4.69) is 67.1 Å². The van der Waals surface area contributed by atoms with Gasteiger partial charge in [-0.1, -0.05) is 30.3 Å². The second kappa shape index (κ2) is 7.05. The summed E-state index contributed by atoms with van der Waals surface area (Å²) in [6.45, 7) is 6.81. The number of likely N-dealkylation sites (tertiary alicyclic amines) is 1. The van der Waals surface area contributed by atoms with Gasteiger partial charge in [0.2, 0.25) is 0 Å². The van der Waals surface area contributed by atoms with Crippen LogP contribution >= 0.6 is 11.8 Å². The highest BCUT2D eigenvalue weighted by atomic mass is 32.2. The summed E-state index contributed by atoms with van der Waals surface area (Å²) < 4.78 is 0. The fraction of sp³-hybridized carbons (Fsp3) is 0.455. The zero-order valence-corrected chi connectivity index (χ0v) is 16.4. The lowest BCUT2D eigenvalue weighted by Gasteiger charge is -2.37. The second-order valence-corrected chi connectivity index (χ2v) is 8.63. The first-order valence-corrected chi connectivity index (χ1v) is 10.3. The van der Waals surface area contributed by atoms with Crippen LogP contribution in [0.3, 0.4) is 0 Å². The molecule has 0 bridgehead atoms. The molecule has 1 atom stereocenters. The molecule has 0 radical (unpaired) electrons. The summed E-state index contributed by atoms with van der Waals surface area (Å²) in [5.74, 6) is 0. The molecule has 0 spiro atoms. The maximum Gasteiger partial charge on any atom is 0.0555 e. The number of aryl methyl sites for hydroxylation is 2. The number of para-hydroxylation sites is 1. The maximum atomic E-state index is 2.57. The Hall–Kier alpha value is -1.45. The van der Waals surface area contributed by atoms with Crippen molar-refractivity contribution in [2.45, 2.75) is 55.4 Å². The van der Waals surface area contributed by atoms with Crippen LogP contribution in [0, 0.1) is 13.8 Å². The van der Waals surface area contributed by atoms with Gasteiger partial charge in [0.15, 0.2) is 0 Å². The van der Waals surface area contributed by atoms with E-state index in [0.29, 0.717) is 0 Å². The lowest BCUT2D eigenvalue weighted by molar-refractivity contribution is 0.178. The standard InChI is InChI=1S/C22H28N2S/c1-16-14-20-22(15-17(16)2)25-21-10-5-4-9-19(21)24(20)13-11-18-8-6-7-12-23(18)3/h4-5,9-10,14-15,18H,6-8,11-13H2,1-3H3. The fourth-order valence-electron chi connectivity index (χ4n) is 4.11. The van der Waals surface area contributed by atoms with Crippen molar-refractivity contribution in [3.05, 3.63) is 47.5 Å². The minimum atomic E-state index is 0.727. The van der Waals surface area contributed by atoms with Gasteiger partial charge in [0.05, 0.1) is 11.4 Å². The Balaban J connectivity index is 1.65. The monoisotopic (exact) mass is 352 g/mol. The van der Waals surface area contributed by atoms with Gasteiger partial charge in [0.25, 0.3) is 0 Å². The number of hydrogen-bond donors (Lipinski definition) is 0. The Morgan fingerprint density at radius 1 is 1.00 bits per heavy atom. The molecule has 4 rings (SSSR count). The topological polar surface area (TPSA) is 6.48 Å². The van der Waals surface area contributed by atoms with Crippen molar-refractivity contribution in [1.82, 2.24) is 4.90 Å². The lowest BCUT2D eigenvalue weighted by atomic mass is 9.99. The number of benzene rings is 2. The molecule has 1 unspecified atom stereocenters. The summed E-state index contributed by atoms with van der Waals surface area (Å²) in [4.78, 5) is 7.92. The van der Waals surface area contributed by atoms with Gasteiger partial charge in [0, 0.05) is 22.4 Å². The molecule has 2 aromatic rings. The van der Waals surface area contributed by atoms with Crippen LogP contribution in [0.5, 0.6) is 0 Å². The number of hydrogen-bond acceptors (Lipinski definition) is 3. The van der Waals surface area contributed by atoms with Gasteiger partial charge in [-0.05, 0) is 82.1 Å². The Morgan fingerprint density at radius 3 is 2.64 bits per heavy atom. The molecular weight excluding hydrogens is 324 g/mol. The molecular formula is C22H28N2S. The van der Waals surface area contributed by atoms with E-state index < -0.39 is 0 Å².